The van der Waals surface area contributed by atoms with E-state index in [0.29, 0.717) is 18.0 Å². The minimum atomic E-state index is -0.353. The predicted molar refractivity (Wildman–Crippen MR) is 61.8 cm³/mol. The van der Waals surface area contributed by atoms with Gasteiger partial charge in [0.2, 0.25) is 5.89 Å². The van der Waals surface area contributed by atoms with E-state index in [1.165, 1.54) is 6.07 Å². The maximum atomic E-state index is 13.6. The predicted octanol–water partition coefficient (Wildman–Crippen LogP) is 2.29. The van der Waals surface area contributed by atoms with E-state index in [-0.39, 0.29) is 11.7 Å². The van der Waals surface area contributed by atoms with Crippen LogP contribution >= 0.6 is 0 Å². The Labute approximate surface area is 98.9 Å². The van der Waals surface area contributed by atoms with Gasteiger partial charge in [-0.25, -0.2) is 4.39 Å². The maximum absolute atomic E-state index is 13.6. The number of rotatable bonds is 4. The van der Waals surface area contributed by atoms with E-state index in [9.17, 15) is 4.39 Å². The van der Waals surface area contributed by atoms with Crippen LogP contribution in [0.5, 0.6) is 0 Å². The normalized spacial score (nSPS) is 10.8. The Balaban J connectivity index is 2.27. The smallest absolute Gasteiger partial charge is 0.250 e. The van der Waals surface area contributed by atoms with Crippen molar-refractivity contribution >= 4 is 0 Å². The number of aryl methyl sites for hydroxylation is 1. The molecule has 1 aromatic heterocycles. The molecule has 2 rings (SSSR count). The van der Waals surface area contributed by atoms with Gasteiger partial charge in [-0.3, -0.25) is 0 Å². The van der Waals surface area contributed by atoms with Crippen molar-refractivity contribution < 1.29 is 8.81 Å². The van der Waals surface area contributed by atoms with Crippen molar-refractivity contribution in [3.8, 4) is 11.5 Å². The molecule has 90 valence electrons. The van der Waals surface area contributed by atoms with E-state index in [2.05, 4.69) is 15.5 Å². The summed E-state index contributed by atoms with van der Waals surface area (Å²) in [5.41, 5.74) is 1.30. The minimum Gasteiger partial charge on any atom is -0.419 e. The fourth-order valence-corrected chi connectivity index (χ4v) is 1.47. The van der Waals surface area contributed by atoms with Gasteiger partial charge < -0.3 is 9.73 Å². The van der Waals surface area contributed by atoms with Crippen molar-refractivity contribution in [3.05, 3.63) is 35.5 Å². The number of nitrogens with one attached hydrogen (secondary N) is 1. The Kier molecular flexibility index (Phi) is 3.49. The lowest BCUT2D eigenvalue weighted by Crippen LogP contribution is -2.11. The highest BCUT2D eigenvalue weighted by atomic mass is 19.1. The summed E-state index contributed by atoms with van der Waals surface area (Å²) in [4.78, 5) is 0. The first-order valence-electron chi connectivity index (χ1n) is 5.50. The van der Waals surface area contributed by atoms with Gasteiger partial charge in [0.25, 0.3) is 5.89 Å². The molecule has 0 fully saturated rings. The van der Waals surface area contributed by atoms with Gasteiger partial charge in [-0.2, -0.15) is 0 Å². The summed E-state index contributed by atoms with van der Waals surface area (Å²) in [5.74, 6) is 0.330. The molecule has 4 nitrogen and oxygen atoms in total. The standard InChI is InChI=1S/C12H14FN3O/c1-3-14-7-11-15-16-12(17-11)9-6-8(2)4-5-10(9)13/h4-6,14H,3,7H2,1-2H3. The summed E-state index contributed by atoms with van der Waals surface area (Å²) in [6.07, 6.45) is 0. The zero-order valence-corrected chi connectivity index (χ0v) is 9.83. The molecular formula is C12H14FN3O. The van der Waals surface area contributed by atoms with Crippen molar-refractivity contribution in [2.75, 3.05) is 6.54 Å². The molecule has 0 radical (unpaired) electrons. The molecule has 0 aliphatic carbocycles. The van der Waals surface area contributed by atoms with E-state index < -0.39 is 0 Å². The molecule has 2 aromatic rings. The molecule has 1 heterocycles. The largest absolute Gasteiger partial charge is 0.419 e. The average molecular weight is 235 g/mol. The molecule has 0 atom stereocenters. The Morgan fingerprint density at radius 2 is 2.18 bits per heavy atom. The van der Waals surface area contributed by atoms with E-state index in [4.69, 9.17) is 4.42 Å². The summed E-state index contributed by atoms with van der Waals surface area (Å²) >= 11 is 0. The molecule has 5 heteroatoms. The van der Waals surface area contributed by atoms with Gasteiger partial charge in [-0.05, 0) is 25.6 Å². The minimum absolute atomic E-state index is 0.221. The highest BCUT2D eigenvalue weighted by Crippen LogP contribution is 2.22. The Bertz CT molecular complexity index is 510. The van der Waals surface area contributed by atoms with Crippen LogP contribution in [0.1, 0.15) is 18.4 Å². The van der Waals surface area contributed by atoms with Crippen molar-refractivity contribution in [1.82, 2.24) is 15.5 Å². The fraction of sp³-hybridized carbons (Fsp3) is 0.333. The maximum Gasteiger partial charge on any atom is 0.250 e. The third-order valence-electron chi connectivity index (χ3n) is 2.35. The molecule has 0 spiro atoms. The average Bonchev–Trinajstić information content (AvgIpc) is 2.78. The van der Waals surface area contributed by atoms with Gasteiger partial charge in [0, 0.05) is 0 Å². The van der Waals surface area contributed by atoms with Crippen LogP contribution in [0.25, 0.3) is 11.5 Å². The molecule has 0 saturated heterocycles. The summed E-state index contributed by atoms with van der Waals surface area (Å²) in [6, 6.07) is 4.80. The fourth-order valence-electron chi connectivity index (χ4n) is 1.47. The highest BCUT2D eigenvalue weighted by Gasteiger charge is 2.12. The quantitative estimate of drug-likeness (QED) is 0.883. The molecule has 0 bridgehead atoms. The SMILES string of the molecule is CCNCc1nnc(-c2cc(C)ccc2F)o1. The summed E-state index contributed by atoms with van der Waals surface area (Å²) < 4.78 is 19.0. The second kappa shape index (κ2) is 5.05. The Morgan fingerprint density at radius 3 is 2.94 bits per heavy atom. The zero-order chi connectivity index (χ0) is 12.3. The van der Waals surface area contributed by atoms with Gasteiger partial charge in [-0.1, -0.05) is 18.6 Å². The van der Waals surface area contributed by atoms with Crippen LogP contribution in [0.2, 0.25) is 0 Å². The Morgan fingerprint density at radius 1 is 1.35 bits per heavy atom. The van der Waals surface area contributed by atoms with Crippen LogP contribution < -0.4 is 5.32 Å². The van der Waals surface area contributed by atoms with Crippen LogP contribution in [-0.2, 0) is 6.54 Å². The number of aromatic nitrogens is 2. The van der Waals surface area contributed by atoms with Crippen molar-refractivity contribution in [1.29, 1.82) is 0 Å². The van der Waals surface area contributed by atoms with Gasteiger partial charge >= 0.3 is 0 Å². The third kappa shape index (κ3) is 2.68. The summed E-state index contributed by atoms with van der Waals surface area (Å²) in [7, 11) is 0. The second-order valence-corrected chi connectivity index (χ2v) is 3.76. The zero-order valence-electron chi connectivity index (χ0n) is 9.83. The second-order valence-electron chi connectivity index (χ2n) is 3.76. The van der Waals surface area contributed by atoms with Crippen LogP contribution in [0.3, 0.4) is 0 Å². The number of hydrogen-bond acceptors (Lipinski definition) is 4. The monoisotopic (exact) mass is 235 g/mol. The number of hydrogen-bond donors (Lipinski definition) is 1. The first-order chi connectivity index (χ1) is 8.20. The molecular weight excluding hydrogens is 221 g/mol. The molecule has 17 heavy (non-hydrogen) atoms. The lowest BCUT2D eigenvalue weighted by Gasteiger charge is -1.99. The molecule has 0 saturated carbocycles. The van der Waals surface area contributed by atoms with E-state index >= 15 is 0 Å². The molecule has 1 aromatic carbocycles. The first-order valence-corrected chi connectivity index (χ1v) is 5.50. The van der Waals surface area contributed by atoms with Crippen LogP contribution in [0.15, 0.2) is 22.6 Å². The van der Waals surface area contributed by atoms with Crippen LogP contribution in [0, 0.1) is 12.7 Å². The third-order valence-corrected chi connectivity index (χ3v) is 2.35. The van der Waals surface area contributed by atoms with E-state index in [1.807, 2.05) is 13.8 Å². The highest BCUT2D eigenvalue weighted by molar-refractivity contribution is 5.54. The Hall–Kier alpha value is -1.75. The van der Waals surface area contributed by atoms with Crippen molar-refractivity contribution in [2.24, 2.45) is 0 Å². The van der Waals surface area contributed by atoms with E-state index in [0.717, 1.165) is 12.1 Å². The van der Waals surface area contributed by atoms with E-state index in [1.54, 1.807) is 12.1 Å². The number of benzene rings is 1. The first kappa shape index (κ1) is 11.7. The van der Waals surface area contributed by atoms with Gasteiger partial charge in [0.05, 0.1) is 12.1 Å². The topological polar surface area (TPSA) is 51.0 Å². The molecule has 0 aliphatic heterocycles. The molecule has 0 unspecified atom stereocenters. The van der Waals surface area contributed by atoms with Gasteiger partial charge in [0.1, 0.15) is 5.82 Å². The lowest BCUT2D eigenvalue weighted by atomic mass is 10.1. The van der Waals surface area contributed by atoms with Gasteiger partial charge in [-0.15, -0.1) is 10.2 Å². The van der Waals surface area contributed by atoms with Crippen LogP contribution in [0.4, 0.5) is 4.39 Å². The van der Waals surface area contributed by atoms with Crippen molar-refractivity contribution in [2.45, 2.75) is 20.4 Å². The number of nitrogens with zero attached hydrogens (tertiary/aromatic N) is 2. The molecule has 0 aliphatic rings. The van der Waals surface area contributed by atoms with Crippen molar-refractivity contribution in [3.63, 3.8) is 0 Å². The molecule has 1 N–H and O–H groups in total. The molecule has 0 amide bonds. The summed E-state index contributed by atoms with van der Waals surface area (Å²) in [5, 5.41) is 10.8. The number of halogens is 1. The van der Waals surface area contributed by atoms with Gasteiger partial charge in [0.15, 0.2) is 0 Å². The lowest BCUT2D eigenvalue weighted by molar-refractivity contribution is 0.479. The van der Waals surface area contributed by atoms with Crippen LogP contribution in [-0.4, -0.2) is 16.7 Å². The summed E-state index contributed by atoms with van der Waals surface area (Å²) in [6.45, 7) is 5.18.